The summed E-state index contributed by atoms with van der Waals surface area (Å²) >= 11 is 0. The maximum Gasteiger partial charge on any atom is 0.122 e. The summed E-state index contributed by atoms with van der Waals surface area (Å²) in [6, 6.07) is 42.5. The molecule has 6 aliphatic rings. The van der Waals surface area contributed by atoms with Crippen LogP contribution in [0, 0.1) is 68.0 Å². The number of rotatable bonds is 8. The zero-order valence-corrected chi connectivity index (χ0v) is 61.3. The Morgan fingerprint density at radius 3 is 1.13 bits per heavy atom. The highest BCUT2D eigenvalue weighted by Crippen LogP contribution is 2.45. The maximum atomic E-state index is 9.75. The average Bonchev–Trinajstić information content (AvgIpc) is 1.77. The molecule has 6 aromatic rings. The Morgan fingerprint density at radius 1 is 0.330 bits per heavy atom. The van der Waals surface area contributed by atoms with Crippen molar-refractivity contribution in [1.82, 2.24) is 0 Å². The van der Waals surface area contributed by atoms with E-state index in [1.165, 1.54) is 134 Å². The lowest BCUT2D eigenvalue weighted by Crippen LogP contribution is -2.15. The number of methoxy groups -OCH3 is 2. The number of aromatic hydroxyl groups is 2. The molecule has 0 aliphatic heterocycles. The summed E-state index contributed by atoms with van der Waals surface area (Å²) in [6.07, 6.45) is 21.1. The van der Waals surface area contributed by atoms with Gasteiger partial charge in [0.2, 0.25) is 0 Å². The van der Waals surface area contributed by atoms with Crippen LogP contribution in [0.4, 0.5) is 0 Å². The van der Waals surface area contributed by atoms with E-state index in [0.717, 1.165) is 66.3 Å². The molecule has 498 valence electrons. The van der Waals surface area contributed by atoms with Crippen LogP contribution in [0.5, 0.6) is 23.0 Å². The fourth-order valence-corrected chi connectivity index (χ4v) is 16.7. The predicted octanol–water partition coefficient (Wildman–Crippen LogP) is 23.0. The minimum absolute atomic E-state index is 0.391. The van der Waals surface area contributed by atoms with Crippen LogP contribution in [0.3, 0.4) is 0 Å². The molecule has 0 fully saturated rings. The molecule has 0 saturated carbocycles. The normalized spacial score (nSPS) is 20.4. The molecule has 4 heteroatoms. The van der Waals surface area contributed by atoms with Crippen LogP contribution >= 0.6 is 0 Å². The van der Waals surface area contributed by atoms with E-state index in [-0.39, 0.29) is 0 Å². The van der Waals surface area contributed by atoms with E-state index in [1.54, 1.807) is 48.6 Å². The number of ether oxygens (including phenoxy) is 2. The number of phenolic OH excluding ortho intramolecular Hbond substituents is 2. The highest BCUT2D eigenvalue weighted by Gasteiger charge is 2.34. The Morgan fingerprint density at radius 2 is 0.692 bits per heavy atom. The smallest absolute Gasteiger partial charge is 0.122 e. The van der Waals surface area contributed by atoms with Gasteiger partial charge in [-0.2, -0.15) is 0 Å². The van der Waals surface area contributed by atoms with Gasteiger partial charge < -0.3 is 19.7 Å². The molecule has 6 aromatic carbocycles. The first-order valence-electron chi connectivity index (χ1n) is 35.4. The third-order valence-corrected chi connectivity index (χ3v) is 19.6. The van der Waals surface area contributed by atoms with Crippen molar-refractivity contribution in [2.45, 2.75) is 247 Å². The first kappa shape index (κ1) is 72.9. The van der Waals surface area contributed by atoms with Gasteiger partial charge in [-0.25, -0.2) is 0 Å². The Labute approximate surface area is 556 Å². The van der Waals surface area contributed by atoms with Gasteiger partial charge in [-0.15, -0.1) is 0 Å². The molecule has 6 unspecified atom stereocenters. The van der Waals surface area contributed by atoms with Crippen LogP contribution in [0.2, 0.25) is 0 Å². The molecule has 0 radical (unpaired) electrons. The standard InChI is InChI=1S/2C15H22O.C15H22.2C14H20O.C14H20/c1-15(2,3)10-11-7-12-5-6-14(16-4)9-13(12)8-11;1-15(2,3)10-11-8-12-6-5-7-14(16-4)13(12)9-11;1-11-13(10-15(2,3)4)9-12-7-5-6-8-14(11)12;1-14(2,3)9-10-6-11-4-5-13(15)8-12(11)7-10;1-14(2,3)9-10-7-11-5-4-6-13(15)12(11)8-10;1-14(2,3)10-11-8-12-6-4-5-7-13(12)9-11/h5-6,9,11H,7-8,10H2,1-4H3;5-7,11H,8-10H2,1-4H3;5-8,11,13H,9-10H2,1-4H3;4-5,8,10,15H,6-7,9H2,1-3H3;4-6,10,15H,7-9H2,1-3H3;4-7,11H,8-10H2,1-3H3. The second-order valence-corrected chi connectivity index (χ2v) is 36.3. The summed E-state index contributed by atoms with van der Waals surface area (Å²) in [6.45, 7) is 44.2. The van der Waals surface area contributed by atoms with E-state index in [2.05, 4.69) is 229 Å². The lowest BCUT2D eigenvalue weighted by atomic mass is 9.80. The van der Waals surface area contributed by atoms with Gasteiger partial charge in [0, 0.05) is 0 Å². The van der Waals surface area contributed by atoms with Crippen molar-refractivity contribution in [1.29, 1.82) is 0 Å². The fourth-order valence-electron chi connectivity index (χ4n) is 16.7. The Balaban J connectivity index is 0.000000155. The first-order chi connectivity index (χ1) is 42.4. The highest BCUT2D eigenvalue weighted by molar-refractivity contribution is 5.45. The van der Waals surface area contributed by atoms with E-state index >= 15 is 0 Å². The van der Waals surface area contributed by atoms with Crippen molar-refractivity contribution in [3.63, 3.8) is 0 Å². The van der Waals surface area contributed by atoms with E-state index in [1.807, 2.05) is 12.1 Å². The Kier molecular flexibility index (Phi) is 24.6. The van der Waals surface area contributed by atoms with Crippen LogP contribution < -0.4 is 9.47 Å². The Bertz CT molecular complexity index is 3230. The third kappa shape index (κ3) is 23.5. The second-order valence-electron chi connectivity index (χ2n) is 36.3. The lowest BCUT2D eigenvalue weighted by Gasteiger charge is -2.25. The van der Waals surface area contributed by atoms with Crippen LogP contribution in [-0.2, 0) is 70.6 Å². The fraction of sp³-hybridized carbons (Fsp3) is 0.586. The molecular weight excluding hydrogens is 1110 g/mol. The zero-order valence-electron chi connectivity index (χ0n) is 61.3. The quantitative estimate of drug-likeness (QED) is 0.159. The van der Waals surface area contributed by atoms with Crippen LogP contribution in [0.25, 0.3) is 0 Å². The molecule has 4 nitrogen and oxygen atoms in total. The third-order valence-electron chi connectivity index (χ3n) is 19.6. The van der Waals surface area contributed by atoms with E-state index < -0.39 is 0 Å². The van der Waals surface area contributed by atoms with Gasteiger partial charge >= 0.3 is 0 Å². The SMILES string of the molecule is CC(C)(C)CC1Cc2ccc(O)cc2C1.CC(C)(C)CC1Cc2cccc(O)c2C1.CC(C)(C)CC1Cc2ccccc2C1.CC1c2ccccc2CC1CC(C)(C)C.COc1ccc2c(c1)CC(CC(C)(C)C)C2.COc1cccc2c1CC(CC(C)(C)C)C2. The minimum atomic E-state index is 0.391. The number of fused-ring (bicyclic) bond motifs is 6. The van der Waals surface area contributed by atoms with Crippen LogP contribution in [0.15, 0.2) is 121 Å². The molecule has 6 atom stereocenters. The van der Waals surface area contributed by atoms with Gasteiger partial charge in [0.05, 0.1) is 14.2 Å². The van der Waals surface area contributed by atoms with Crippen LogP contribution in [-0.4, -0.2) is 24.4 Å². The summed E-state index contributed by atoms with van der Waals surface area (Å²) in [4.78, 5) is 0. The van der Waals surface area contributed by atoms with Crippen molar-refractivity contribution in [2.75, 3.05) is 14.2 Å². The van der Waals surface area contributed by atoms with Gasteiger partial charge in [-0.05, 0) is 286 Å². The summed E-state index contributed by atoms with van der Waals surface area (Å²) in [5.41, 5.74) is 20.2. The monoisotopic (exact) mass is 1230 g/mol. The van der Waals surface area contributed by atoms with Gasteiger partial charge in [-0.3, -0.25) is 0 Å². The van der Waals surface area contributed by atoms with Crippen molar-refractivity contribution in [3.8, 4) is 23.0 Å². The molecule has 91 heavy (non-hydrogen) atoms. The second kappa shape index (κ2) is 30.7. The van der Waals surface area contributed by atoms with Gasteiger partial charge in [-0.1, -0.05) is 216 Å². The van der Waals surface area contributed by atoms with E-state index in [0.29, 0.717) is 49.9 Å². The predicted molar refractivity (Wildman–Crippen MR) is 390 cm³/mol. The topological polar surface area (TPSA) is 58.9 Å². The maximum absolute atomic E-state index is 9.75. The molecule has 0 aromatic heterocycles. The average molecular weight is 1240 g/mol. The first-order valence-corrected chi connectivity index (χ1v) is 35.4. The summed E-state index contributed by atoms with van der Waals surface area (Å²) < 4.78 is 10.7. The van der Waals surface area contributed by atoms with Gasteiger partial charge in [0.25, 0.3) is 0 Å². The van der Waals surface area contributed by atoms with Crippen molar-refractivity contribution >= 4 is 0 Å². The van der Waals surface area contributed by atoms with E-state index in [9.17, 15) is 10.2 Å². The summed E-state index contributed by atoms with van der Waals surface area (Å²) in [5, 5.41) is 19.2. The summed E-state index contributed by atoms with van der Waals surface area (Å²) in [7, 11) is 3.51. The van der Waals surface area contributed by atoms with Crippen molar-refractivity contribution in [2.24, 2.45) is 68.0 Å². The number of phenols is 2. The van der Waals surface area contributed by atoms with Crippen LogP contribution in [0.1, 0.15) is 243 Å². The molecule has 0 saturated heterocycles. The Hall–Kier alpha value is -5.48. The molecule has 2 N–H and O–H groups in total. The molecule has 0 heterocycles. The number of benzene rings is 6. The molecular formula is C87H126O4. The van der Waals surface area contributed by atoms with Gasteiger partial charge in [0.1, 0.15) is 23.0 Å². The lowest BCUT2D eigenvalue weighted by molar-refractivity contribution is 0.279. The number of hydrogen-bond donors (Lipinski definition) is 2. The molecule has 0 amide bonds. The minimum Gasteiger partial charge on any atom is -0.508 e. The van der Waals surface area contributed by atoms with Crippen molar-refractivity contribution < 1.29 is 19.7 Å². The van der Waals surface area contributed by atoms with Crippen molar-refractivity contribution in [3.05, 3.63) is 188 Å². The zero-order chi connectivity index (χ0) is 66.9. The van der Waals surface area contributed by atoms with E-state index in [4.69, 9.17) is 9.47 Å². The summed E-state index contributed by atoms with van der Waals surface area (Å²) in [5.74, 6) is 8.55. The van der Waals surface area contributed by atoms with Gasteiger partial charge in [0.15, 0.2) is 0 Å². The highest BCUT2D eigenvalue weighted by atomic mass is 16.5. The molecule has 0 spiro atoms. The number of hydrogen-bond acceptors (Lipinski definition) is 4. The molecule has 12 rings (SSSR count). The molecule has 6 aliphatic carbocycles. The molecule has 0 bridgehead atoms. The largest absolute Gasteiger partial charge is 0.508 e.